The van der Waals surface area contributed by atoms with Gasteiger partial charge in [-0.05, 0) is 32.1 Å². The van der Waals surface area contributed by atoms with Gasteiger partial charge in [-0.2, -0.15) is 0 Å². The van der Waals surface area contributed by atoms with Crippen molar-refractivity contribution >= 4 is 10.1 Å². The summed E-state index contributed by atoms with van der Waals surface area (Å²) < 4.78 is 34.2. The van der Waals surface area contributed by atoms with E-state index < -0.39 is 15.4 Å². The van der Waals surface area contributed by atoms with Gasteiger partial charge in [0.15, 0.2) is 0 Å². The minimum Gasteiger partial charge on any atom is -0.748 e. The first-order valence-electron chi connectivity index (χ1n) is 11.5. The number of hydrogen-bond acceptors (Lipinski definition) is 4. The van der Waals surface area contributed by atoms with E-state index in [1.807, 2.05) is 6.92 Å². The fraction of sp³-hybridized carbons (Fsp3) is 1.00. The summed E-state index contributed by atoms with van der Waals surface area (Å²) in [5.41, 5.74) is 0. The molecule has 0 fully saturated rings. The molecule has 0 aliphatic rings. The van der Waals surface area contributed by atoms with Crippen molar-refractivity contribution in [1.82, 2.24) is 0 Å². The molecule has 0 aromatic rings. The van der Waals surface area contributed by atoms with E-state index in [0.29, 0.717) is 32.1 Å². The fourth-order valence-corrected chi connectivity index (χ4v) is 4.52. The summed E-state index contributed by atoms with van der Waals surface area (Å²) in [5, 5.41) is 8.78. The third-order valence-corrected chi connectivity index (χ3v) is 6.86. The first kappa shape index (κ1) is 31.1. The van der Waals surface area contributed by atoms with Crippen molar-refractivity contribution in [2.45, 2.75) is 141 Å². The van der Waals surface area contributed by atoms with Crippen LogP contribution in [0.1, 0.15) is 129 Å². The second kappa shape index (κ2) is 21.1. The van der Waals surface area contributed by atoms with Crippen LogP contribution in [0.15, 0.2) is 0 Å². The van der Waals surface area contributed by atoms with Crippen molar-refractivity contribution < 1.29 is 47.6 Å². The summed E-state index contributed by atoms with van der Waals surface area (Å²) in [7, 11) is -4.22. The molecule has 0 radical (unpaired) electrons. The third-order valence-electron chi connectivity index (χ3n) is 5.57. The predicted molar refractivity (Wildman–Crippen MR) is 114 cm³/mol. The average Bonchev–Trinajstić information content (AvgIpc) is 2.62. The van der Waals surface area contributed by atoms with Gasteiger partial charge >= 0.3 is 29.6 Å². The molecule has 0 saturated heterocycles. The summed E-state index contributed by atoms with van der Waals surface area (Å²) >= 11 is 0. The summed E-state index contributed by atoms with van der Waals surface area (Å²) in [4.78, 5) is 0. The van der Waals surface area contributed by atoms with Crippen molar-refractivity contribution in [2.75, 3.05) is 0 Å². The van der Waals surface area contributed by atoms with Crippen LogP contribution in [-0.2, 0) is 10.1 Å². The molecule has 0 aromatic carbocycles. The second-order valence-electron chi connectivity index (χ2n) is 8.14. The Morgan fingerprint density at radius 1 is 0.679 bits per heavy atom. The van der Waals surface area contributed by atoms with E-state index in [1.54, 1.807) is 0 Å². The number of rotatable bonds is 20. The van der Waals surface area contributed by atoms with Gasteiger partial charge in [0.25, 0.3) is 0 Å². The van der Waals surface area contributed by atoms with Gasteiger partial charge in [-0.15, -0.1) is 0 Å². The monoisotopic (exact) mass is 428 g/mol. The maximum atomic E-state index is 11.4. The second-order valence-corrected chi connectivity index (χ2v) is 9.79. The molecular formula is C22H45NaO4S. The smallest absolute Gasteiger partial charge is 0.748 e. The van der Waals surface area contributed by atoms with Crippen molar-refractivity contribution in [2.24, 2.45) is 0 Å². The first-order valence-corrected chi connectivity index (χ1v) is 13.0. The van der Waals surface area contributed by atoms with Crippen LogP contribution >= 0.6 is 0 Å². The number of unbranched alkanes of at least 4 members (excludes halogenated alkanes) is 12. The van der Waals surface area contributed by atoms with Gasteiger partial charge in [0.05, 0.1) is 16.2 Å². The van der Waals surface area contributed by atoms with E-state index in [1.165, 1.54) is 64.2 Å². The largest absolute Gasteiger partial charge is 1.00 e. The normalized spacial score (nSPS) is 13.9. The van der Waals surface area contributed by atoms with E-state index in [0.717, 1.165) is 19.3 Å². The summed E-state index contributed by atoms with van der Waals surface area (Å²) in [6.45, 7) is 4.15. The van der Waals surface area contributed by atoms with E-state index in [9.17, 15) is 18.1 Å². The zero-order valence-electron chi connectivity index (χ0n) is 19.0. The van der Waals surface area contributed by atoms with Crippen LogP contribution in [0.25, 0.3) is 0 Å². The van der Waals surface area contributed by atoms with E-state index in [2.05, 4.69) is 6.92 Å². The Morgan fingerprint density at radius 2 is 1.07 bits per heavy atom. The molecule has 0 amide bonds. The number of aliphatic hydroxyl groups is 1. The van der Waals surface area contributed by atoms with Crippen molar-refractivity contribution in [1.29, 1.82) is 0 Å². The first-order chi connectivity index (χ1) is 12.9. The summed E-state index contributed by atoms with van der Waals surface area (Å²) in [6, 6.07) is 0. The quantitative estimate of drug-likeness (QED) is 0.183. The van der Waals surface area contributed by atoms with Gasteiger partial charge in [0, 0.05) is 5.25 Å². The van der Waals surface area contributed by atoms with Crippen LogP contribution in [-0.4, -0.2) is 29.4 Å². The van der Waals surface area contributed by atoms with Crippen LogP contribution in [0.4, 0.5) is 0 Å². The van der Waals surface area contributed by atoms with E-state index >= 15 is 0 Å². The summed E-state index contributed by atoms with van der Waals surface area (Å²) in [6.07, 6.45) is 18.6. The molecule has 2 atom stereocenters. The molecule has 0 aromatic heterocycles. The topological polar surface area (TPSA) is 77.4 Å². The molecule has 4 nitrogen and oxygen atoms in total. The Labute approximate surface area is 197 Å². The molecule has 0 spiro atoms. The molecule has 0 aliphatic heterocycles. The Morgan fingerprint density at radius 3 is 1.46 bits per heavy atom. The molecule has 0 aliphatic carbocycles. The Balaban J connectivity index is 0. The van der Waals surface area contributed by atoms with Gasteiger partial charge in [0.2, 0.25) is 0 Å². The molecule has 1 N–H and O–H groups in total. The van der Waals surface area contributed by atoms with Crippen LogP contribution in [0.2, 0.25) is 0 Å². The molecule has 0 heterocycles. The van der Waals surface area contributed by atoms with Crippen LogP contribution in [0, 0.1) is 0 Å². The van der Waals surface area contributed by atoms with Crippen molar-refractivity contribution in [3.63, 3.8) is 0 Å². The average molecular weight is 429 g/mol. The molecule has 0 saturated carbocycles. The van der Waals surface area contributed by atoms with Gasteiger partial charge < -0.3 is 9.66 Å². The van der Waals surface area contributed by atoms with E-state index in [4.69, 9.17) is 0 Å². The van der Waals surface area contributed by atoms with Crippen LogP contribution < -0.4 is 29.6 Å². The fourth-order valence-electron chi connectivity index (χ4n) is 3.61. The van der Waals surface area contributed by atoms with Gasteiger partial charge in [0.1, 0.15) is 0 Å². The zero-order chi connectivity index (χ0) is 20.4. The maximum absolute atomic E-state index is 11.4. The van der Waals surface area contributed by atoms with Crippen LogP contribution in [0.3, 0.4) is 0 Å². The standard InChI is InChI=1S/C22H46O4S.Na/c1-3-5-6-7-8-9-10-11-12-13-14-15-16-19-22(27(24,25)26)20-17-18-21(23)4-2;/h21-23H,3-20H2,1-2H3,(H,24,25,26);/q;+1/p-1. The van der Waals surface area contributed by atoms with Crippen molar-refractivity contribution in [3.8, 4) is 0 Å². The SMILES string of the molecule is CCCCCCCCCCCCCCCC(CCCC(O)CC)S(=O)(=O)[O-].[Na+]. The molecule has 28 heavy (non-hydrogen) atoms. The third kappa shape index (κ3) is 20.2. The Kier molecular flexibility index (Phi) is 23.4. The molecule has 164 valence electrons. The molecule has 0 bridgehead atoms. The predicted octanol–water partition coefficient (Wildman–Crippen LogP) is 3.33. The minimum absolute atomic E-state index is 0. The minimum atomic E-state index is -4.22. The van der Waals surface area contributed by atoms with E-state index in [-0.39, 0.29) is 35.7 Å². The zero-order valence-corrected chi connectivity index (χ0v) is 21.8. The molecular weight excluding hydrogens is 383 g/mol. The maximum Gasteiger partial charge on any atom is 1.00 e. The number of aliphatic hydroxyl groups excluding tert-OH is 1. The molecule has 6 heteroatoms. The summed E-state index contributed by atoms with van der Waals surface area (Å²) in [5.74, 6) is 0. The Hall–Kier alpha value is 0.870. The van der Waals surface area contributed by atoms with Crippen LogP contribution in [0.5, 0.6) is 0 Å². The van der Waals surface area contributed by atoms with Crippen molar-refractivity contribution in [3.05, 3.63) is 0 Å². The Bertz CT molecular complexity index is 415. The molecule has 2 unspecified atom stereocenters. The van der Waals surface area contributed by atoms with Gasteiger partial charge in [-0.1, -0.05) is 97.3 Å². The molecule has 0 rings (SSSR count). The van der Waals surface area contributed by atoms with Gasteiger partial charge in [-0.25, -0.2) is 8.42 Å². The number of hydrogen-bond donors (Lipinski definition) is 1. The van der Waals surface area contributed by atoms with Gasteiger partial charge in [-0.3, -0.25) is 0 Å².